The van der Waals surface area contributed by atoms with E-state index in [0.717, 1.165) is 10.8 Å². The van der Waals surface area contributed by atoms with Crippen LogP contribution in [0.4, 0.5) is 4.39 Å². The Hall–Kier alpha value is -2.99. The van der Waals surface area contributed by atoms with Gasteiger partial charge >= 0.3 is 0 Å². The van der Waals surface area contributed by atoms with Gasteiger partial charge in [0.05, 0.1) is 16.7 Å². The standard InChI is InChI=1S/C22H17FN2O2S/c1-2-25-21(27)18-11-15-5-3-4-6-16(15)12-19(18)24-22(25)28-13-20(26)14-7-9-17(23)10-8-14/h3-12H,2,13H2,1H3. The number of ketones is 1. The van der Waals surface area contributed by atoms with Crippen molar-refractivity contribution in [1.82, 2.24) is 9.55 Å². The predicted octanol–water partition coefficient (Wildman–Crippen LogP) is 4.68. The van der Waals surface area contributed by atoms with E-state index in [1.807, 2.05) is 43.3 Å². The van der Waals surface area contributed by atoms with Gasteiger partial charge in [0, 0.05) is 12.1 Å². The SMILES string of the molecule is CCn1c(SCC(=O)c2ccc(F)cc2)nc2cc3ccccc3cc2c1=O. The molecule has 4 nitrogen and oxygen atoms in total. The van der Waals surface area contributed by atoms with Crippen LogP contribution in [0.5, 0.6) is 0 Å². The lowest BCUT2D eigenvalue weighted by Gasteiger charge is -2.11. The molecule has 0 atom stereocenters. The van der Waals surface area contributed by atoms with Gasteiger partial charge in [0.2, 0.25) is 0 Å². The van der Waals surface area contributed by atoms with Crippen LogP contribution in [0, 0.1) is 5.82 Å². The third kappa shape index (κ3) is 3.43. The first-order valence-corrected chi connectivity index (χ1v) is 9.90. The minimum absolute atomic E-state index is 0.116. The van der Waals surface area contributed by atoms with E-state index in [2.05, 4.69) is 4.98 Å². The second-order valence-electron chi connectivity index (χ2n) is 6.38. The fourth-order valence-electron chi connectivity index (χ4n) is 3.13. The van der Waals surface area contributed by atoms with Gasteiger partial charge in [0.1, 0.15) is 5.82 Å². The van der Waals surface area contributed by atoms with Gasteiger partial charge in [0.15, 0.2) is 10.9 Å². The maximum absolute atomic E-state index is 13.0. The highest BCUT2D eigenvalue weighted by Gasteiger charge is 2.14. The molecule has 0 saturated carbocycles. The summed E-state index contributed by atoms with van der Waals surface area (Å²) in [7, 11) is 0. The topological polar surface area (TPSA) is 52.0 Å². The molecule has 4 aromatic rings. The van der Waals surface area contributed by atoms with Crippen LogP contribution in [0.1, 0.15) is 17.3 Å². The van der Waals surface area contributed by atoms with Crippen molar-refractivity contribution in [2.75, 3.05) is 5.75 Å². The van der Waals surface area contributed by atoms with E-state index < -0.39 is 0 Å². The van der Waals surface area contributed by atoms with Crippen LogP contribution in [-0.4, -0.2) is 21.1 Å². The van der Waals surface area contributed by atoms with Crippen molar-refractivity contribution in [3.8, 4) is 0 Å². The lowest BCUT2D eigenvalue weighted by molar-refractivity contribution is 0.102. The van der Waals surface area contributed by atoms with Gasteiger partial charge in [-0.05, 0) is 54.1 Å². The average Bonchev–Trinajstić information content (AvgIpc) is 2.71. The lowest BCUT2D eigenvalue weighted by Crippen LogP contribution is -2.23. The smallest absolute Gasteiger partial charge is 0.262 e. The Kier molecular flexibility index (Phi) is 4.96. The average molecular weight is 392 g/mol. The van der Waals surface area contributed by atoms with Crippen molar-refractivity contribution in [3.05, 3.63) is 82.4 Å². The van der Waals surface area contributed by atoms with Gasteiger partial charge in [-0.25, -0.2) is 9.37 Å². The number of rotatable bonds is 5. The van der Waals surface area contributed by atoms with Crippen molar-refractivity contribution in [3.63, 3.8) is 0 Å². The molecule has 0 bridgehead atoms. The zero-order valence-electron chi connectivity index (χ0n) is 15.2. The van der Waals surface area contributed by atoms with Gasteiger partial charge in [-0.3, -0.25) is 14.2 Å². The van der Waals surface area contributed by atoms with E-state index in [4.69, 9.17) is 0 Å². The van der Waals surface area contributed by atoms with Crippen molar-refractivity contribution in [2.24, 2.45) is 0 Å². The van der Waals surface area contributed by atoms with Crippen LogP contribution >= 0.6 is 11.8 Å². The molecule has 0 aliphatic carbocycles. The van der Waals surface area contributed by atoms with Crippen molar-refractivity contribution in [2.45, 2.75) is 18.6 Å². The van der Waals surface area contributed by atoms with Crippen LogP contribution in [0.15, 0.2) is 70.6 Å². The molecule has 0 saturated heterocycles. The summed E-state index contributed by atoms with van der Waals surface area (Å²) in [6.07, 6.45) is 0. The zero-order valence-corrected chi connectivity index (χ0v) is 16.0. The number of benzene rings is 3. The number of carbonyl (C=O) groups is 1. The molecule has 0 N–H and O–H groups in total. The molecule has 0 spiro atoms. The number of hydrogen-bond acceptors (Lipinski definition) is 4. The Labute approximate surface area is 165 Å². The molecule has 0 aliphatic rings. The van der Waals surface area contributed by atoms with Crippen LogP contribution in [0.3, 0.4) is 0 Å². The fraction of sp³-hybridized carbons (Fsp3) is 0.136. The quantitative estimate of drug-likeness (QED) is 0.214. The zero-order chi connectivity index (χ0) is 19.7. The number of Topliss-reactive ketones (excluding diaryl/α,β-unsaturated/α-hetero) is 1. The van der Waals surface area contributed by atoms with Gasteiger partial charge in [0.25, 0.3) is 5.56 Å². The maximum atomic E-state index is 13.0. The minimum Gasteiger partial charge on any atom is -0.293 e. The molecule has 6 heteroatoms. The molecule has 0 aliphatic heterocycles. The van der Waals surface area contributed by atoms with Crippen molar-refractivity contribution in [1.29, 1.82) is 0 Å². The van der Waals surface area contributed by atoms with Gasteiger partial charge in [-0.2, -0.15) is 0 Å². The Bertz CT molecular complexity index is 1250. The molecule has 0 amide bonds. The highest BCUT2D eigenvalue weighted by molar-refractivity contribution is 7.99. The molecule has 1 heterocycles. The Morgan fingerprint density at radius 1 is 1.07 bits per heavy atom. The Balaban J connectivity index is 1.71. The minimum atomic E-state index is -0.382. The van der Waals surface area contributed by atoms with Gasteiger partial charge in [-0.15, -0.1) is 0 Å². The summed E-state index contributed by atoms with van der Waals surface area (Å²) in [4.78, 5) is 30.0. The monoisotopic (exact) mass is 392 g/mol. The maximum Gasteiger partial charge on any atom is 0.262 e. The highest BCUT2D eigenvalue weighted by atomic mass is 32.2. The largest absolute Gasteiger partial charge is 0.293 e. The van der Waals surface area contributed by atoms with Crippen LogP contribution < -0.4 is 5.56 Å². The van der Waals surface area contributed by atoms with Gasteiger partial charge in [-0.1, -0.05) is 36.0 Å². The Morgan fingerprint density at radius 2 is 1.75 bits per heavy atom. The molecule has 0 fully saturated rings. The molecule has 1 aromatic heterocycles. The third-order valence-corrected chi connectivity index (χ3v) is 5.58. The molecular weight excluding hydrogens is 375 g/mol. The summed E-state index contributed by atoms with van der Waals surface area (Å²) in [6.45, 7) is 2.34. The summed E-state index contributed by atoms with van der Waals surface area (Å²) in [5, 5.41) is 3.07. The third-order valence-electron chi connectivity index (χ3n) is 4.60. The van der Waals surface area contributed by atoms with E-state index in [1.165, 1.54) is 36.0 Å². The molecule has 0 radical (unpaired) electrons. The van der Waals surface area contributed by atoms with Crippen LogP contribution in [0.2, 0.25) is 0 Å². The van der Waals surface area contributed by atoms with E-state index in [9.17, 15) is 14.0 Å². The second kappa shape index (κ2) is 7.56. The Morgan fingerprint density at radius 3 is 2.43 bits per heavy atom. The number of thioether (sulfide) groups is 1. The fourth-order valence-corrected chi connectivity index (χ4v) is 4.08. The molecular formula is C22H17FN2O2S. The summed E-state index contributed by atoms with van der Waals surface area (Å²) in [5.41, 5.74) is 0.936. The summed E-state index contributed by atoms with van der Waals surface area (Å²) < 4.78 is 14.6. The summed E-state index contributed by atoms with van der Waals surface area (Å²) in [5.74, 6) is -0.398. The van der Waals surface area contributed by atoms with Crippen molar-refractivity contribution >= 4 is 39.2 Å². The first-order valence-electron chi connectivity index (χ1n) is 8.91. The van der Waals surface area contributed by atoms with Gasteiger partial charge < -0.3 is 0 Å². The number of fused-ring (bicyclic) bond motifs is 2. The predicted molar refractivity (Wildman–Crippen MR) is 111 cm³/mol. The number of aromatic nitrogens is 2. The number of carbonyl (C=O) groups excluding carboxylic acids is 1. The number of nitrogens with zero attached hydrogens (tertiary/aromatic N) is 2. The highest BCUT2D eigenvalue weighted by Crippen LogP contribution is 2.23. The normalized spacial score (nSPS) is 11.2. The first-order chi connectivity index (χ1) is 13.6. The van der Waals surface area contributed by atoms with E-state index in [0.29, 0.717) is 28.2 Å². The van der Waals surface area contributed by atoms with E-state index >= 15 is 0 Å². The van der Waals surface area contributed by atoms with Crippen LogP contribution in [0.25, 0.3) is 21.7 Å². The molecule has 0 unspecified atom stereocenters. The number of halogens is 1. The second-order valence-corrected chi connectivity index (χ2v) is 7.32. The number of hydrogen-bond donors (Lipinski definition) is 0. The van der Waals surface area contributed by atoms with E-state index in [-0.39, 0.29) is 22.9 Å². The lowest BCUT2D eigenvalue weighted by atomic mass is 10.1. The molecule has 3 aromatic carbocycles. The summed E-state index contributed by atoms with van der Waals surface area (Å²) in [6, 6.07) is 17.0. The van der Waals surface area contributed by atoms with Crippen molar-refractivity contribution < 1.29 is 9.18 Å². The van der Waals surface area contributed by atoms with E-state index in [1.54, 1.807) is 4.57 Å². The molecule has 28 heavy (non-hydrogen) atoms. The van der Waals surface area contributed by atoms with Crippen LogP contribution in [-0.2, 0) is 6.54 Å². The first kappa shape index (κ1) is 18.4. The summed E-state index contributed by atoms with van der Waals surface area (Å²) >= 11 is 1.22. The molecule has 140 valence electrons. The molecule has 4 rings (SSSR count).